The number of amides is 2. The molecule has 0 saturated carbocycles. The van der Waals surface area contributed by atoms with Crippen molar-refractivity contribution in [3.63, 3.8) is 0 Å². The third-order valence-corrected chi connectivity index (χ3v) is 5.20. The van der Waals surface area contributed by atoms with Crippen molar-refractivity contribution >= 4 is 11.8 Å². The first-order valence-electron chi connectivity index (χ1n) is 10.2. The van der Waals surface area contributed by atoms with Gasteiger partial charge in [0.2, 0.25) is 0 Å². The van der Waals surface area contributed by atoms with E-state index in [2.05, 4.69) is 31.4 Å². The van der Waals surface area contributed by atoms with Gasteiger partial charge in [0.15, 0.2) is 0 Å². The lowest BCUT2D eigenvalue weighted by Crippen LogP contribution is -2.31. The number of benzene rings is 2. The maximum atomic E-state index is 12.4. The Labute approximate surface area is 172 Å². The van der Waals surface area contributed by atoms with Gasteiger partial charge in [0.05, 0.1) is 6.10 Å². The Kier molecular flexibility index (Phi) is 6.70. The lowest BCUT2D eigenvalue weighted by atomic mass is 9.87. The highest BCUT2D eigenvalue weighted by molar-refractivity contribution is 5.95. The van der Waals surface area contributed by atoms with Crippen molar-refractivity contribution in [3.8, 4) is 0 Å². The molecular formula is C24H30N2O3. The summed E-state index contributed by atoms with van der Waals surface area (Å²) in [6, 6.07) is 15.0. The minimum atomic E-state index is -0.108. The number of rotatable bonds is 6. The summed E-state index contributed by atoms with van der Waals surface area (Å²) in [5.41, 5.74) is 3.45. The minimum Gasteiger partial charge on any atom is -0.376 e. The van der Waals surface area contributed by atoms with E-state index >= 15 is 0 Å². The zero-order chi connectivity index (χ0) is 20.9. The van der Waals surface area contributed by atoms with Gasteiger partial charge < -0.3 is 15.4 Å². The van der Waals surface area contributed by atoms with Crippen LogP contribution in [0.15, 0.2) is 48.5 Å². The average Bonchev–Trinajstić information content (AvgIpc) is 3.24. The molecule has 1 saturated heterocycles. The summed E-state index contributed by atoms with van der Waals surface area (Å²) in [7, 11) is 0. The summed E-state index contributed by atoms with van der Waals surface area (Å²) in [6.07, 6.45) is 2.19. The molecule has 1 fully saturated rings. The molecule has 29 heavy (non-hydrogen) atoms. The maximum Gasteiger partial charge on any atom is 0.251 e. The molecule has 0 bridgehead atoms. The van der Waals surface area contributed by atoms with Crippen LogP contribution in [0.1, 0.15) is 65.5 Å². The van der Waals surface area contributed by atoms with Gasteiger partial charge in [0.25, 0.3) is 11.8 Å². The van der Waals surface area contributed by atoms with Gasteiger partial charge in [0.1, 0.15) is 0 Å². The summed E-state index contributed by atoms with van der Waals surface area (Å²) < 4.78 is 5.52. The van der Waals surface area contributed by atoms with Gasteiger partial charge in [-0.2, -0.15) is 0 Å². The monoisotopic (exact) mass is 394 g/mol. The number of carbonyl (C=O) groups is 2. The Hall–Kier alpha value is -2.66. The molecule has 3 rings (SSSR count). The molecule has 1 unspecified atom stereocenters. The third-order valence-electron chi connectivity index (χ3n) is 5.20. The second-order valence-corrected chi connectivity index (χ2v) is 8.55. The topological polar surface area (TPSA) is 67.4 Å². The van der Waals surface area contributed by atoms with Crippen molar-refractivity contribution < 1.29 is 14.3 Å². The molecule has 1 heterocycles. The summed E-state index contributed by atoms with van der Waals surface area (Å²) in [5.74, 6) is -0.209. The zero-order valence-electron chi connectivity index (χ0n) is 17.5. The van der Waals surface area contributed by atoms with Crippen molar-refractivity contribution in [2.24, 2.45) is 0 Å². The molecule has 1 aliphatic heterocycles. The van der Waals surface area contributed by atoms with E-state index in [1.54, 1.807) is 12.1 Å². The predicted molar refractivity (Wildman–Crippen MR) is 114 cm³/mol. The van der Waals surface area contributed by atoms with Crippen molar-refractivity contribution in [3.05, 3.63) is 70.8 Å². The standard InChI is InChI=1S/C24H30N2O3/c1-24(2,3)20-12-10-19(11-13-20)22(27)25-15-17-6-8-18(9-7-17)23(28)26-16-21-5-4-14-29-21/h6-13,21H,4-5,14-16H2,1-3H3,(H,25,27)(H,26,28). The highest BCUT2D eigenvalue weighted by atomic mass is 16.5. The van der Waals surface area contributed by atoms with Crippen LogP contribution in [0.25, 0.3) is 0 Å². The zero-order valence-corrected chi connectivity index (χ0v) is 17.5. The quantitative estimate of drug-likeness (QED) is 0.783. The molecular weight excluding hydrogens is 364 g/mol. The van der Waals surface area contributed by atoms with E-state index < -0.39 is 0 Å². The van der Waals surface area contributed by atoms with Crippen molar-refractivity contribution in [1.29, 1.82) is 0 Å². The van der Waals surface area contributed by atoms with Crippen LogP contribution >= 0.6 is 0 Å². The fraction of sp³-hybridized carbons (Fsp3) is 0.417. The van der Waals surface area contributed by atoms with Gasteiger partial charge in [-0.25, -0.2) is 0 Å². The molecule has 0 spiro atoms. The first kappa shape index (κ1) is 21.1. The van der Waals surface area contributed by atoms with E-state index in [9.17, 15) is 9.59 Å². The molecule has 0 aromatic heterocycles. The van der Waals surface area contributed by atoms with Crippen molar-refractivity contribution in [1.82, 2.24) is 10.6 Å². The average molecular weight is 395 g/mol. The number of nitrogens with one attached hydrogen (secondary N) is 2. The maximum absolute atomic E-state index is 12.4. The van der Waals surface area contributed by atoms with Crippen LogP contribution in [0.5, 0.6) is 0 Å². The van der Waals surface area contributed by atoms with E-state index in [4.69, 9.17) is 4.74 Å². The highest BCUT2D eigenvalue weighted by Gasteiger charge is 2.17. The predicted octanol–water partition coefficient (Wildman–Crippen LogP) is 3.82. The van der Waals surface area contributed by atoms with Gasteiger partial charge in [-0.1, -0.05) is 45.0 Å². The van der Waals surface area contributed by atoms with Crippen LogP contribution in [-0.2, 0) is 16.7 Å². The first-order chi connectivity index (χ1) is 13.8. The van der Waals surface area contributed by atoms with Crippen LogP contribution in [-0.4, -0.2) is 31.1 Å². The Morgan fingerprint density at radius 1 is 0.931 bits per heavy atom. The SMILES string of the molecule is CC(C)(C)c1ccc(C(=O)NCc2ccc(C(=O)NCC3CCCO3)cc2)cc1. The van der Waals surface area contributed by atoms with Crippen LogP contribution < -0.4 is 10.6 Å². The van der Waals surface area contributed by atoms with E-state index in [-0.39, 0.29) is 23.3 Å². The van der Waals surface area contributed by atoms with Crippen molar-refractivity contribution in [2.45, 2.75) is 51.7 Å². The minimum absolute atomic E-state index is 0.0627. The van der Waals surface area contributed by atoms with E-state index in [0.717, 1.165) is 25.0 Å². The van der Waals surface area contributed by atoms with E-state index in [1.165, 1.54) is 5.56 Å². The normalized spacial score (nSPS) is 16.4. The second kappa shape index (κ2) is 9.23. The lowest BCUT2D eigenvalue weighted by Gasteiger charge is -2.19. The molecule has 154 valence electrons. The van der Waals surface area contributed by atoms with Crippen LogP contribution in [0.3, 0.4) is 0 Å². The summed E-state index contributed by atoms with van der Waals surface area (Å²) in [6.45, 7) is 8.18. The number of ether oxygens (including phenoxy) is 1. The molecule has 0 radical (unpaired) electrons. The van der Waals surface area contributed by atoms with E-state index in [1.807, 2.05) is 36.4 Å². The van der Waals surface area contributed by atoms with Gasteiger partial charge >= 0.3 is 0 Å². The molecule has 2 N–H and O–H groups in total. The third kappa shape index (κ3) is 5.91. The lowest BCUT2D eigenvalue weighted by molar-refractivity contribution is 0.0857. The molecule has 5 nitrogen and oxygen atoms in total. The highest BCUT2D eigenvalue weighted by Crippen LogP contribution is 2.22. The number of hydrogen-bond acceptors (Lipinski definition) is 3. The molecule has 5 heteroatoms. The molecule has 0 aliphatic carbocycles. The van der Waals surface area contributed by atoms with Crippen LogP contribution in [0.4, 0.5) is 0 Å². The summed E-state index contributed by atoms with van der Waals surface area (Å²) in [5, 5.41) is 5.84. The Bertz CT molecular complexity index is 830. The fourth-order valence-electron chi connectivity index (χ4n) is 3.29. The largest absolute Gasteiger partial charge is 0.376 e. The number of hydrogen-bond donors (Lipinski definition) is 2. The van der Waals surface area contributed by atoms with Crippen LogP contribution in [0, 0.1) is 0 Å². The Morgan fingerprint density at radius 3 is 2.07 bits per heavy atom. The fourth-order valence-corrected chi connectivity index (χ4v) is 3.29. The number of carbonyl (C=O) groups excluding carboxylic acids is 2. The molecule has 2 amide bonds. The first-order valence-corrected chi connectivity index (χ1v) is 10.2. The second-order valence-electron chi connectivity index (χ2n) is 8.55. The molecule has 2 aromatic carbocycles. The summed E-state index contributed by atoms with van der Waals surface area (Å²) in [4.78, 5) is 24.6. The van der Waals surface area contributed by atoms with E-state index in [0.29, 0.717) is 24.2 Å². The van der Waals surface area contributed by atoms with Gasteiger partial charge in [-0.3, -0.25) is 9.59 Å². The summed E-state index contributed by atoms with van der Waals surface area (Å²) >= 11 is 0. The molecule has 1 aliphatic rings. The Morgan fingerprint density at radius 2 is 1.52 bits per heavy atom. The van der Waals surface area contributed by atoms with Gasteiger partial charge in [-0.15, -0.1) is 0 Å². The smallest absolute Gasteiger partial charge is 0.251 e. The van der Waals surface area contributed by atoms with Crippen LogP contribution in [0.2, 0.25) is 0 Å². The van der Waals surface area contributed by atoms with Crippen molar-refractivity contribution in [2.75, 3.05) is 13.2 Å². The Balaban J connectivity index is 1.49. The van der Waals surface area contributed by atoms with Gasteiger partial charge in [0, 0.05) is 30.8 Å². The molecule has 1 atom stereocenters. The molecule has 2 aromatic rings. The van der Waals surface area contributed by atoms with Gasteiger partial charge in [-0.05, 0) is 53.6 Å².